The highest BCUT2D eigenvalue weighted by Gasteiger charge is 2.53. The Bertz CT molecular complexity index is 375. The molecule has 3 unspecified atom stereocenters. The van der Waals surface area contributed by atoms with Gasteiger partial charge in [-0.05, 0) is 57.8 Å². The number of nitrogens with zero attached hydrogens (tertiary/aromatic N) is 1. The zero-order chi connectivity index (χ0) is 13.8. The summed E-state index contributed by atoms with van der Waals surface area (Å²) in [6.45, 7) is 4.09. The lowest BCUT2D eigenvalue weighted by atomic mass is 9.74. The molecule has 1 spiro atoms. The van der Waals surface area contributed by atoms with Gasteiger partial charge in [0.25, 0.3) is 0 Å². The Morgan fingerprint density at radius 3 is 2.55 bits per heavy atom. The second-order valence-electron chi connectivity index (χ2n) is 7.99. The van der Waals surface area contributed by atoms with Crippen molar-refractivity contribution in [2.24, 2.45) is 5.92 Å². The van der Waals surface area contributed by atoms with Crippen molar-refractivity contribution in [3.63, 3.8) is 0 Å². The predicted octanol–water partition coefficient (Wildman–Crippen LogP) is 2.71. The van der Waals surface area contributed by atoms with E-state index in [0.717, 1.165) is 38.5 Å². The largest absolute Gasteiger partial charge is 0.388 e. The van der Waals surface area contributed by atoms with E-state index in [1.54, 1.807) is 0 Å². The van der Waals surface area contributed by atoms with E-state index in [2.05, 4.69) is 11.8 Å². The van der Waals surface area contributed by atoms with Gasteiger partial charge in [-0.3, -0.25) is 4.90 Å². The lowest BCUT2D eigenvalue weighted by Gasteiger charge is -2.44. The van der Waals surface area contributed by atoms with Crippen LogP contribution in [0.25, 0.3) is 0 Å². The molecule has 2 aliphatic heterocycles. The molecule has 3 atom stereocenters. The average Bonchev–Trinajstić information content (AvgIpc) is 3.10. The number of hydrogen-bond acceptors (Lipinski definition) is 3. The van der Waals surface area contributed by atoms with Crippen molar-refractivity contribution in [2.75, 3.05) is 13.2 Å². The van der Waals surface area contributed by atoms with Crippen LogP contribution >= 0.6 is 0 Å². The van der Waals surface area contributed by atoms with Crippen LogP contribution < -0.4 is 0 Å². The fourth-order valence-corrected chi connectivity index (χ4v) is 5.21. The Hall–Kier alpha value is -0.120. The van der Waals surface area contributed by atoms with E-state index in [4.69, 9.17) is 4.74 Å². The quantitative estimate of drug-likeness (QED) is 0.843. The summed E-state index contributed by atoms with van der Waals surface area (Å²) in [4.78, 5) is 2.58. The maximum Gasteiger partial charge on any atom is 0.0818 e. The van der Waals surface area contributed by atoms with Gasteiger partial charge in [0.05, 0.1) is 11.2 Å². The number of rotatable bonds is 2. The van der Waals surface area contributed by atoms with Crippen molar-refractivity contribution in [2.45, 2.75) is 88.0 Å². The molecule has 0 amide bonds. The standard InChI is InChI=1S/C17H29NO2/c1-13-10-17(19,12-18(13)15-4-5-15)14-6-9-20-16(11-14)7-2-3-8-16/h13-15,19H,2-12H2,1H3. The summed E-state index contributed by atoms with van der Waals surface area (Å²) < 4.78 is 6.15. The maximum atomic E-state index is 11.3. The van der Waals surface area contributed by atoms with Gasteiger partial charge in [-0.1, -0.05) is 12.8 Å². The third-order valence-electron chi connectivity index (χ3n) is 6.45. The monoisotopic (exact) mass is 279 g/mol. The van der Waals surface area contributed by atoms with Gasteiger partial charge in [-0.25, -0.2) is 0 Å². The van der Waals surface area contributed by atoms with Crippen molar-refractivity contribution >= 4 is 0 Å². The highest BCUT2D eigenvalue weighted by Crippen LogP contribution is 2.48. The van der Waals surface area contributed by atoms with Crippen LogP contribution in [0.15, 0.2) is 0 Å². The number of hydrogen-bond donors (Lipinski definition) is 1. The molecule has 4 aliphatic rings. The fraction of sp³-hybridized carbons (Fsp3) is 1.00. The van der Waals surface area contributed by atoms with Gasteiger partial charge in [-0.15, -0.1) is 0 Å². The molecule has 0 aromatic carbocycles. The Morgan fingerprint density at radius 1 is 1.10 bits per heavy atom. The number of ether oxygens (including phenoxy) is 1. The van der Waals surface area contributed by atoms with Crippen molar-refractivity contribution in [1.29, 1.82) is 0 Å². The minimum Gasteiger partial charge on any atom is -0.388 e. The number of aliphatic hydroxyl groups is 1. The molecule has 0 aromatic rings. The van der Waals surface area contributed by atoms with Gasteiger partial charge in [0.2, 0.25) is 0 Å². The molecular formula is C17H29NO2. The Balaban J connectivity index is 1.48. The van der Waals surface area contributed by atoms with Gasteiger partial charge in [0.15, 0.2) is 0 Å². The first-order valence-corrected chi connectivity index (χ1v) is 8.72. The summed E-state index contributed by atoms with van der Waals surface area (Å²) in [6.07, 6.45) is 10.9. The van der Waals surface area contributed by atoms with E-state index in [0.29, 0.717) is 12.0 Å². The van der Waals surface area contributed by atoms with E-state index in [-0.39, 0.29) is 5.60 Å². The molecule has 4 rings (SSSR count). The third-order valence-corrected chi connectivity index (χ3v) is 6.45. The van der Waals surface area contributed by atoms with Gasteiger partial charge in [0, 0.05) is 25.2 Å². The van der Waals surface area contributed by atoms with Crippen LogP contribution in [-0.2, 0) is 4.74 Å². The van der Waals surface area contributed by atoms with Crippen LogP contribution in [0.4, 0.5) is 0 Å². The smallest absolute Gasteiger partial charge is 0.0818 e. The number of β-amino-alcohol motifs (C(OH)–C–C–N with tert-alkyl or cyclic N) is 1. The Morgan fingerprint density at radius 2 is 1.85 bits per heavy atom. The average molecular weight is 279 g/mol. The van der Waals surface area contributed by atoms with Crippen LogP contribution in [0.3, 0.4) is 0 Å². The highest BCUT2D eigenvalue weighted by molar-refractivity contribution is 5.06. The Kier molecular flexibility index (Phi) is 3.17. The van der Waals surface area contributed by atoms with Crippen LogP contribution in [0, 0.1) is 5.92 Å². The molecule has 4 fully saturated rings. The summed E-state index contributed by atoms with van der Waals surface area (Å²) in [5.74, 6) is 0.459. The summed E-state index contributed by atoms with van der Waals surface area (Å²) in [6, 6.07) is 1.34. The summed E-state index contributed by atoms with van der Waals surface area (Å²) >= 11 is 0. The van der Waals surface area contributed by atoms with Gasteiger partial charge < -0.3 is 9.84 Å². The maximum absolute atomic E-state index is 11.3. The summed E-state index contributed by atoms with van der Waals surface area (Å²) in [7, 11) is 0. The topological polar surface area (TPSA) is 32.7 Å². The minimum absolute atomic E-state index is 0.134. The van der Waals surface area contributed by atoms with Crippen molar-refractivity contribution in [1.82, 2.24) is 4.90 Å². The molecule has 2 aliphatic carbocycles. The molecular weight excluding hydrogens is 250 g/mol. The predicted molar refractivity (Wildman–Crippen MR) is 78.6 cm³/mol. The summed E-state index contributed by atoms with van der Waals surface area (Å²) in [5, 5.41) is 11.3. The first-order valence-electron chi connectivity index (χ1n) is 8.72. The molecule has 2 saturated carbocycles. The molecule has 0 radical (unpaired) electrons. The van der Waals surface area contributed by atoms with Gasteiger partial charge in [0.1, 0.15) is 0 Å². The van der Waals surface area contributed by atoms with Gasteiger partial charge in [-0.2, -0.15) is 0 Å². The van der Waals surface area contributed by atoms with Crippen molar-refractivity contribution in [3.8, 4) is 0 Å². The molecule has 0 bridgehead atoms. The lowest BCUT2D eigenvalue weighted by molar-refractivity contribution is -0.137. The zero-order valence-corrected chi connectivity index (χ0v) is 12.8. The van der Waals surface area contributed by atoms with Crippen LogP contribution in [0.2, 0.25) is 0 Å². The first-order chi connectivity index (χ1) is 9.60. The normalized spacial score (nSPS) is 45.3. The second-order valence-corrected chi connectivity index (χ2v) is 7.99. The first kappa shape index (κ1) is 13.5. The van der Waals surface area contributed by atoms with Crippen LogP contribution in [0.1, 0.15) is 64.7 Å². The molecule has 1 N–H and O–H groups in total. The molecule has 2 saturated heterocycles. The number of likely N-dealkylation sites (tertiary alicyclic amines) is 1. The van der Waals surface area contributed by atoms with E-state index >= 15 is 0 Å². The molecule has 0 aromatic heterocycles. The minimum atomic E-state index is -0.443. The van der Waals surface area contributed by atoms with E-state index in [1.165, 1.54) is 38.5 Å². The zero-order valence-electron chi connectivity index (χ0n) is 12.8. The Labute approximate surface area is 122 Å². The molecule has 3 nitrogen and oxygen atoms in total. The van der Waals surface area contributed by atoms with Crippen LogP contribution in [0.5, 0.6) is 0 Å². The molecule has 114 valence electrons. The molecule has 2 heterocycles. The third kappa shape index (κ3) is 2.22. The van der Waals surface area contributed by atoms with E-state index in [1.807, 2.05) is 0 Å². The van der Waals surface area contributed by atoms with Crippen LogP contribution in [-0.4, -0.2) is 46.4 Å². The molecule has 20 heavy (non-hydrogen) atoms. The second kappa shape index (κ2) is 4.69. The van der Waals surface area contributed by atoms with E-state index in [9.17, 15) is 5.11 Å². The van der Waals surface area contributed by atoms with Crippen molar-refractivity contribution in [3.05, 3.63) is 0 Å². The fourth-order valence-electron chi connectivity index (χ4n) is 5.21. The summed E-state index contributed by atoms with van der Waals surface area (Å²) in [5.41, 5.74) is -0.309. The molecule has 3 heteroatoms. The highest BCUT2D eigenvalue weighted by atomic mass is 16.5. The van der Waals surface area contributed by atoms with Crippen molar-refractivity contribution < 1.29 is 9.84 Å². The SMILES string of the molecule is CC1CC(O)(C2CCOC3(CCCC3)C2)CN1C1CC1. The van der Waals surface area contributed by atoms with Gasteiger partial charge >= 0.3 is 0 Å². The lowest BCUT2D eigenvalue weighted by Crippen LogP contribution is -2.49. The van der Waals surface area contributed by atoms with E-state index < -0.39 is 5.60 Å².